The minimum absolute atomic E-state index is 0.102. The third-order valence-corrected chi connectivity index (χ3v) is 3.56. The van der Waals surface area contributed by atoms with Crippen LogP contribution >= 0.6 is 11.6 Å². The first-order valence-corrected chi connectivity index (χ1v) is 7.94. The second kappa shape index (κ2) is 8.36. The topological polar surface area (TPSA) is 67.4 Å². The fourth-order valence-corrected chi connectivity index (χ4v) is 2.22. The van der Waals surface area contributed by atoms with Gasteiger partial charge in [-0.3, -0.25) is 4.79 Å². The van der Waals surface area contributed by atoms with Crippen LogP contribution in [-0.2, 0) is 9.53 Å². The van der Waals surface area contributed by atoms with Gasteiger partial charge < -0.3 is 15.4 Å². The Morgan fingerprint density at radius 2 is 1.83 bits per heavy atom. The summed E-state index contributed by atoms with van der Waals surface area (Å²) in [5.74, 6) is -0.548. The van der Waals surface area contributed by atoms with Gasteiger partial charge in [-0.25, -0.2) is 4.79 Å². The fourth-order valence-electron chi connectivity index (χ4n) is 2.04. The van der Waals surface area contributed by atoms with Gasteiger partial charge in [-0.2, -0.15) is 0 Å². The molecule has 0 aliphatic heterocycles. The molecule has 0 fully saturated rings. The highest BCUT2D eigenvalue weighted by Crippen LogP contribution is 2.20. The van der Waals surface area contributed by atoms with E-state index in [-0.39, 0.29) is 18.4 Å². The Kier molecular flexibility index (Phi) is 6.21. The lowest BCUT2D eigenvalue weighted by Gasteiger charge is -2.10. The van der Waals surface area contributed by atoms with E-state index in [1.165, 1.54) is 0 Å². The molecular weight excluding hydrogens is 328 g/mol. The molecule has 6 heteroatoms. The molecular formula is C18H19ClN2O3. The SMILES string of the molecule is CCOC(=O)c1ccc(NCC(=O)Nc2cc(Cl)ccc2C)cc1. The summed E-state index contributed by atoms with van der Waals surface area (Å²) < 4.78 is 4.92. The average Bonchev–Trinajstić information content (AvgIpc) is 2.57. The van der Waals surface area contributed by atoms with Crippen LogP contribution in [0.1, 0.15) is 22.8 Å². The second-order valence-electron chi connectivity index (χ2n) is 5.16. The zero-order valence-corrected chi connectivity index (χ0v) is 14.3. The first kappa shape index (κ1) is 17.8. The molecule has 0 atom stereocenters. The van der Waals surface area contributed by atoms with E-state index in [2.05, 4.69) is 10.6 Å². The van der Waals surface area contributed by atoms with Crippen LogP contribution in [0.15, 0.2) is 42.5 Å². The van der Waals surface area contributed by atoms with E-state index in [9.17, 15) is 9.59 Å². The maximum absolute atomic E-state index is 12.0. The average molecular weight is 347 g/mol. The third kappa shape index (κ3) is 4.99. The maximum atomic E-state index is 12.0. The molecule has 0 aliphatic rings. The molecule has 0 aromatic heterocycles. The molecule has 0 aliphatic carbocycles. The Morgan fingerprint density at radius 1 is 1.12 bits per heavy atom. The summed E-state index contributed by atoms with van der Waals surface area (Å²) in [6.07, 6.45) is 0. The predicted octanol–water partition coefficient (Wildman–Crippen LogP) is 3.88. The predicted molar refractivity (Wildman–Crippen MR) is 95.7 cm³/mol. The standard InChI is InChI=1S/C18H19ClN2O3/c1-3-24-18(23)13-5-8-15(9-6-13)20-11-17(22)21-16-10-14(19)7-4-12(16)2/h4-10,20H,3,11H2,1-2H3,(H,21,22). The third-order valence-electron chi connectivity index (χ3n) is 3.32. The summed E-state index contributed by atoms with van der Waals surface area (Å²) >= 11 is 5.93. The van der Waals surface area contributed by atoms with Gasteiger partial charge in [0.05, 0.1) is 18.7 Å². The first-order chi connectivity index (χ1) is 11.5. The molecule has 2 rings (SSSR count). The van der Waals surface area contributed by atoms with Gasteiger partial charge in [0.15, 0.2) is 0 Å². The van der Waals surface area contributed by atoms with Crippen molar-refractivity contribution in [3.63, 3.8) is 0 Å². The monoisotopic (exact) mass is 346 g/mol. The number of ether oxygens (including phenoxy) is 1. The molecule has 5 nitrogen and oxygen atoms in total. The van der Waals surface area contributed by atoms with Crippen molar-refractivity contribution in [3.05, 3.63) is 58.6 Å². The molecule has 24 heavy (non-hydrogen) atoms. The number of nitrogens with one attached hydrogen (secondary N) is 2. The van der Waals surface area contributed by atoms with E-state index in [4.69, 9.17) is 16.3 Å². The lowest BCUT2D eigenvalue weighted by atomic mass is 10.2. The number of amides is 1. The number of carbonyl (C=O) groups is 2. The van der Waals surface area contributed by atoms with Gasteiger partial charge in [-0.1, -0.05) is 17.7 Å². The van der Waals surface area contributed by atoms with Crippen molar-refractivity contribution in [1.29, 1.82) is 0 Å². The maximum Gasteiger partial charge on any atom is 0.338 e. The van der Waals surface area contributed by atoms with Crippen LogP contribution in [-0.4, -0.2) is 25.0 Å². The van der Waals surface area contributed by atoms with Crippen molar-refractivity contribution < 1.29 is 14.3 Å². The zero-order chi connectivity index (χ0) is 17.5. The summed E-state index contributed by atoms with van der Waals surface area (Å²) in [4.78, 5) is 23.6. The number of carbonyl (C=O) groups excluding carboxylic acids is 2. The van der Waals surface area contributed by atoms with Gasteiger partial charge in [0, 0.05) is 16.4 Å². The van der Waals surface area contributed by atoms with Crippen molar-refractivity contribution >= 4 is 34.9 Å². The number of hydrogen-bond acceptors (Lipinski definition) is 4. The number of esters is 1. The molecule has 0 radical (unpaired) electrons. The normalized spacial score (nSPS) is 10.1. The largest absolute Gasteiger partial charge is 0.462 e. The summed E-state index contributed by atoms with van der Waals surface area (Å²) in [6, 6.07) is 12.1. The van der Waals surface area contributed by atoms with Crippen LogP contribution in [0.5, 0.6) is 0 Å². The van der Waals surface area contributed by atoms with Crippen molar-refractivity contribution in [2.75, 3.05) is 23.8 Å². The summed E-state index contributed by atoms with van der Waals surface area (Å²) in [5.41, 5.74) is 2.83. The van der Waals surface area contributed by atoms with Crippen LogP contribution in [0, 0.1) is 6.92 Å². The number of aryl methyl sites for hydroxylation is 1. The van der Waals surface area contributed by atoms with E-state index in [0.29, 0.717) is 22.9 Å². The quantitative estimate of drug-likeness (QED) is 0.779. The van der Waals surface area contributed by atoms with Crippen molar-refractivity contribution in [3.8, 4) is 0 Å². The summed E-state index contributed by atoms with van der Waals surface area (Å²) in [6.45, 7) is 4.09. The molecule has 0 saturated carbocycles. The van der Waals surface area contributed by atoms with Gasteiger partial charge in [0.25, 0.3) is 0 Å². The lowest BCUT2D eigenvalue weighted by molar-refractivity contribution is -0.114. The van der Waals surface area contributed by atoms with Gasteiger partial charge in [-0.15, -0.1) is 0 Å². The highest BCUT2D eigenvalue weighted by Gasteiger charge is 2.07. The van der Waals surface area contributed by atoms with Crippen LogP contribution in [0.4, 0.5) is 11.4 Å². The zero-order valence-electron chi connectivity index (χ0n) is 13.6. The van der Waals surface area contributed by atoms with Crippen molar-refractivity contribution in [2.45, 2.75) is 13.8 Å². The molecule has 0 heterocycles. The molecule has 0 spiro atoms. The van der Waals surface area contributed by atoms with E-state index in [1.54, 1.807) is 43.3 Å². The lowest BCUT2D eigenvalue weighted by Crippen LogP contribution is -2.22. The molecule has 2 N–H and O–H groups in total. The Bertz CT molecular complexity index is 730. The Balaban J connectivity index is 1.89. The molecule has 2 aromatic carbocycles. The summed E-state index contributed by atoms with van der Waals surface area (Å²) in [7, 11) is 0. The van der Waals surface area contributed by atoms with E-state index < -0.39 is 0 Å². The Morgan fingerprint density at radius 3 is 2.50 bits per heavy atom. The van der Waals surface area contributed by atoms with Crippen LogP contribution in [0.2, 0.25) is 5.02 Å². The number of anilines is 2. The molecule has 2 aromatic rings. The van der Waals surface area contributed by atoms with E-state index >= 15 is 0 Å². The van der Waals surface area contributed by atoms with E-state index in [0.717, 1.165) is 11.3 Å². The number of halogens is 1. The smallest absolute Gasteiger partial charge is 0.338 e. The van der Waals surface area contributed by atoms with E-state index in [1.807, 2.05) is 13.0 Å². The molecule has 0 saturated heterocycles. The molecule has 1 amide bonds. The molecule has 0 bridgehead atoms. The number of benzene rings is 2. The van der Waals surface area contributed by atoms with Crippen LogP contribution < -0.4 is 10.6 Å². The van der Waals surface area contributed by atoms with Crippen LogP contribution in [0.25, 0.3) is 0 Å². The molecule has 126 valence electrons. The highest BCUT2D eigenvalue weighted by molar-refractivity contribution is 6.31. The fraction of sp³-hybridized carbons (Fsp3) is 0.222. The Hall–Kier alpha value is -2.53. The van der Waals surface area contributed by atoms with Gasteiger partial charge in [0.2, 0.25) is 5.91 Å². The number of hydrogen-bond donors (Lipinski definition) is 2. The second-order valence-corrected chi connectivity index (χ2v) is 5.60. The van der Waals surface area contributed by atoms with Crippen molar-refractivity contribution in [2.24, 2.45) is 0 Å². The highest BCUT2D eigenvalue weighted by atomic mass is 35.5. The Labute approximate surface area is 146 Å². The van der Waals surface area contributed by atoms with Crippen molar-refractivity contribution in [1.82, 2.24) is 0 Å². The van der Waals surface area contributed by atoms with Gasteiger partial charge in [-0.05, 0) is 55.8 Å². The van der Waals surface area contributed by atoms with Gasteiger partial charge >= 0.3 is 5.97 Å². The summed E-state index contributed by atoms with van der Waals surface area (Å²) in [5, 5.41) is 6.38. The van der Waals surface area contributed by atoms with Crippen LogP contribution in [0.3, 0.4) is 0 Å². The first-order valence-electron chi connectivity index (χ1n) is 7.56. The minimum atomic E-state index is -0.363. The van der Waals surface area contributed by atoms with Gasteiger partial charge in [0.1, 0.15) is 0 Å². The number of rotatable bonds is 6. The molecule has 0 unspecified atom stereocenters. The minimum Gasteiger partial charge on any atom is -0.462 e.